The first-order valence-electron chi connectivity index (χ1n) is 10.7. The first-order chi connectivity index (χ1) is 15.2. The molecule has 1 heterocycles. The van der Waals surface area contributed by atoms with Gasteiger partial charge in [0.25, 0.3) is 5.91 Å². The molecule has 1 aliphatic heterocycles. The van der Waals surface area contributed by atoms with E-state index in [4.69, 9.17) is 15.8 Å². The molecule has 1 amide bonds. The molecule has 1 aliphatic carbocycles. The number of oxime groups is 1. The Morgan fingerprint density at radius 2 is 1.91 bits per heavy atom. The Labute approximate surface area is 194 Å². The fourth-order valence-electron chi connectivity index (χ4n) is 4.04. The zero-order valence-corrected chi connectivity index (χ0v) is 20.1. The third-order valence-corrected chi connectivity index (χ3v) is 8.63. The maximum absolute atomic E-state index is 12.2. The second-order valence-corrected chi connectivity index (χ2v) is 12.3. The van der Waals surface area contributed by atoms with Crippen molar-refractivity contribution in [2.45, 2.75) is 68.4 Å². The van der Waals surface area contributed by atoms with E-state index in [0.29, 0.717) is 25.0 Å². The number of hydrogen-bond donors (Lipinski definition) is 4. The van der Waals surface area contributed by atoms with Crippen LogP contribution in [0.2, 0.25) is 0 Å². The predicted molar refractivity (Wildman–Crippen MR) is 123 cm³/mol. The Balaban J connectivity index is 1.63. The van der Waals surface area contributed by atoms with E-state index in [2.05, 4.69) is 17.0 Å². The number of aliphatic hydroxyl groups is 1. The number of hydrogen-bond acceptors (Lipinski definition) is 8. The van der Waals surface area contributed by atoms with Crippen LogP contribution < -0.4 is 11.2 Å². The van der Waals surface area contributed by atoms with E-state index < -0.39 is 37.7 Å². The van der Waals surface area contributed by atoms with Gasteiger partial charge in [-0.05, 0) is 57.2 Å². The quantitative estimate of drug-likeness (QED) is 0.272. The topological polar surface area (TPSA) is 151 Å². The highest BCUT2D eigenvalue weighted by Gasteiger charge is 2.47. The summed E-state index contributed by atoms with van der Waals surface area (Å²) in [5, 5.41) is 23.1. The van der Waals surface area contributed by atoms with Crippen LogP contribution in [0.15, 0.2) is 29.4 Å². The Morgan fingerprint density at radius 1 is 1.30 bits per heavy atom. The molecule has 2 aliphatic rings. The van der Waals surface area contributed by atoms with Gasteiger partial charge in [0.2, 0.25) is 0 Å². The SMILES string of the molecule is CC(C[C@H]1CC(c2ccc(C#C[C@]3(N)C[C@H](C(C)(C)O)C3)cc2)=NO1)(C(=O)NO)S(C)(=O)=O. The second kappa shape index (κ2) is 8.72. The van der Waals surface area contributed by atoms with Gasteiger partial charge in [-0.2, -0.15) is 0 Å². The molecule has 0 aromatic heterocycles. The zero-order chi connectivity index (χ0) is 24.7. The van der Waals surface area contributed by atoms with Crippen LogP contribution in [0.4, 0.5) is 0 Å². The summed E-state index contributed by atoms with van der Waals surface area (Å²) in [6, 6.07) is 7.36. The van der Waals surface area contributed by atoms with Crippen molar-refractivity contribution in [3.63, 3.8) is 0 Å². The molecule has 1 fully saturated rings. The van der Waals surface area contributed by atoms with Crippen LogP contribution in [0.3, 0.4) is 0 Å². The van der Waals surface area contributed by atoms with Gasteiger partial charge in [-0.25, -0.2) is 13.9 Å². The molecule has 1 aromatic carbocycles. The number of nitrogens with one attached hydrogen (secondary N) is 1. The molecule has 2 atom stereocenters. The van der Waals surface area contributed by atoms with E-state index in [1.165, 1.54) is 12.4 Å². The van der Waals surface area contributed by atoms with Gasteiger partial charge in [0, 0.05) is 24.7 Å². The summed E-state index contributed by atoms with van der Waals surface area (Å²) in [5.74, 6) is 5.33. The molecular weight excluding hydrogens is 446 g/mol. The van der Waals surface area contributed by atoms with E-state index in [-0.39, 0.29) is 12.3 Å². The molecular formula is C23H31N3O6S. The van der Waals surface area contributed by atoms with Crippen molar-refractivity contribution in [3.05, 3.63) is 35.4 Å². The van der Waals surface area contributed by atoms with E-state index in [1.807, 2.05) is 24.3 Å². The lowest BCUT2D eigenvalue weighted by atomic mass is 9.63. The summed E-state index contributed by atoms with van der Waals surface area (Å²) in [6.07, 6.45) is 1.78. The lowest BCUT2D eigenvalue weighted by molar-refractivity contribution is -0.132. The molecule has 1 aromatic rings. The number of benzene rings is 1. The highest BCUT2D eigenvalue weighted by Crippen LogP contribution is 2.42. The first-order valence-corrected chi connectivity index (χ1v) is 12.6. The number of amides is 1. The third kappa shape index (κ3) is 5.38. The highest BCUT2D eigenvalue weighted by molar-refractivity contribution is 7.92. The zero-order valence-electron chi connectivity index (χ0n) is 19.3. The van der Waals surface area contributed by atoms with Crippen LogP contribution in [-0.4, -0.2) is 58.6 Å². The number of nitrogens with zero attached hydrogens (tertiary/aromatic N) is 1. The fourth-order valence-corrected chi connectivity index (χ4v) is 4.91. The molecule has 180 valence electrons. The van der Waals surface area contributed by atoms with Crippen LogP contribution in [0.25, 0.3) is 0 Å². The number of sulfone groups is 1. The summed E-state index contributed by atoms with van der Waals surface area (Å²) in [7, 11) is -3.82. The van der Waals surface area contributed by atoms with Crippen LogP contribution in [0, 0.1) is 17.8 Å². The first kappa shape index (κ1) is 25.2. The van der Waals surface area contributed by atoms with Crippen molar-refractivity contribution in [2.75, 3.05) is 6.26 Å². The lowest BCUT2D eigenvalue weighted by Gasteiger charge is -2.46. The van der Waals surface area contributed by atoms with Gasteiger partial charge < -0.3 is 15.7 Å². The number of hydroxylamine groups is 1. The second-order valence-electron chi connectivity index (χ2n) is 9.86. The summed E-state index contributed by atoms with van der Waals surface area (Å²) >= 11 is 0. The van der Waals surface area contributed by atoms with Crippen LogP contribution >= 0.6 is 0 Å². The van der Waals surface area contributed by atoms with Gasteiger partial charge in [-0.15, -0.1) is 0 Å². The number of nitrogens with two attached hydrogens (primary N) is 1. The minimum atomic E-state index is -3.82. The predicted octanol–water partition coefficient (Wildman–Crippen LogP) is 1.11. The number of carbonyl (C=O) groups is 1. The Bertz CT molecular complexity index is 1110. The van der Waals surface area contributed by atoms with Crippen molar-refractivity contribution in [1.29, 1.82) is 0 Å². The molecule has 1 saturated carbocycles. The molecule has 33 heavy (non-hydrogen) atoms. The largest absolute Gasteiger partial charge is 0.392 e. The maximum Gasteiger partial charge on any atom is 0.264 e. The van der Waals surface area contributed by atoms with Gasteiger partial charge >= 0.3 is 0 Å². The average Bonchev–Trinajstić information content (AvgIpc) is 3.16. The van der Waals surface area contributed by atoms with E-state index in [9.17, 15) is 18.3 Å². The summed E-state index contributed by atoms with van der Waals surface area (Å²) in [6.45, 7) is 4.82. The van der Waals surface area contributed by atoms with Crippen LogP contribution in [0.5, 0.6) is 0 Å². The van der Waals surface area contributed by atoms with Crippen molar-refractivity contribution in [2.24, 2.45) is 16.8 Å². The van der Waals surface area contributed by atoms with Crippen molar-refractivity contribution >= 4 is 21.5 Å². The van der Waals surface area contributed by atoms with Gasteiger partial charge in [0.1, 0.15) is 6.10 Å². The molecule has 0 radical (unpaired) electrons. The van der Waals surface area contributed by atoms with Crippen molar-refractivity contribution < 1.29 is 28.4 Å². The minimum absolute atomic E-state index is 0.139. The van der Waals surface area contributed by atoms with E-state index in [0.717, 1.165) is 17.4 Å². The Hall–Kier alpha value is -2.45. The van der Waals surface area contributed by atoms with E-state index >= 15 is 0 Å². The third-order valence-electron chi connectivity index (χ3n) is 6.64. The summed E-state index contributed by atoms with van der Waals surface area (Å²) in [4.78, 5) is 17.4. The van der Waals surface area contributed by atoms with Gasteiger partial charge in [0.15, 0.2) is 14.6 Å². The smallest absolute Gasteiger partial charge is 0.264 e. The maximum atomic E-state index is 12.2. The minimum Gasteiger partial charge on any atom is -0.392 e. The van der Waals surface area contributed by atoms with Gasteiger partial charge in [-0.1, -0.05) is 29.1 Å². The normalized spacial score (nSPS) is 26.7. The molecule has 0 bridgehead atoms. The lowest BCUT2D eigenvalue weighted by Crippen LogP contribution is -2.56. The number of rotatable bonds is 6. The molecule has 9 nitrogen and oxygen atoms in total. The van der Waals surface area contributed by atoms with Crippen LogP contribution in [-0.2, 0) is 19.5 Å². The Morgan fingerprint density at radius 3 is 2.42 bits per heavy atom. The number of carbonyl (C=O) groups excluding carboxylic acids is 1. The van der Waals surface area contributed by atoms with Crippen molar-refractivity contribution in [3.8, 4) is 11.8 Å². The molecule has 0 spiro atoms. The monoisotopic (exact) mass is 477 g/mol. The summed E-state index contributed by atoms with van der Waals surface area (Å²) in [5.41, 5.74) is 8.58. The molecule has 1 unspecified atom stereocenters. The van der Waals surface area contributed by atoms with Crippen molar-refractivity contribution in [1.82, 2.24) is 5.48 Å². The van der Waals surface area contributed by atoms with E-state index in [1.54, 1.807) is 13.8 Å². The Kier molecular flexibility index (Phi) is 6.65. The summed E-state index contributed by atoms with van der Waals surface area (Å²) < 4.78 is 22.5. The fraction of sp³-hybridized carbons (Fsp3) is 0.565. The van der Waals surface area contributed by atoms with Crippen LogP contribution in [0.1, 0.15) is 57.6 Å². The van der Waals surface area contributed by atoms with Gasteiger partial charge in [0.05, 0.1) is 16.9 Å². The highest BCUT2D eigenvalue weighted by atomic mass is 32.2. The molecule has 0 saturated heterocycles. The molecule has 10 heteroatoms. The van der Waals surface area contributed by atoms with Gasteiger partial charge in [-0.3, -0.25) is 10.0 Å². The molecule has 5 N–H and O–H groups in total. The molecule has 3 rings (SSSR count). The average molecular weight is 478 g/mol. The standard InChI is InChI=1S/C23H31N3O6S/c1-21(2,28)17-12-23(24,13-17)10-9-15-5-7-16(8-6-15)19-11-18(32-26-19)14-22(3,20(27)25-29)33(4,30)31/h5-8,17-18,28-29H,11-14,24H2,1-4H3,(H,25,27)/t17-,18-,22?,23-/m1/s1.